The summed E-state index contributed by atoms with van der Waals surface area (Å²) in [6.45, 7) is 6.42. The number of benzene rings is 12. The number of rotatable bonds is 0. The van der Waals surface area contributed by atoms with Crippen molar-refractivity contribution in [1.82, 2.24) is 90.2 Å². The third-order valence-corrected chi connectivity index (χ3v) is 25.4. The van der Waals surface area contributed by atoms with Gasteiger partial charge in [0, 0.05) is 145 Å². The predicted molar refractivity (Wildman–Crippen MR) is 515 cm³/mol. The van der Waals surface area contributed by atoms with Crippen molar-refractivity contribution < 1.29 is 76.3 Å². The number of aryl methyl sites for hydroxylation is 4. The molecule has 0 radical (unpaired) electrons. The summed E-state index contributed by atoms with van der Waals surface area (Å²) in [7, 11) is 0. The second-order valence-electron chi connectivity index (χ2n) is 35.2. The van der Waals surface area contributed by atoms with Gasteiger partial charge >= 0.3 is 0 Å². The summed E-state index contributed by atoms with van der Waals surface area (Å²) < 4.78 is 55.3. The molecule has 39 aliphatic heterocycles. The number of amides is 8. The first-order valence-corrected chi connectivity index (χ1v) is 46.9. The molecule has 2 N–H and O–H groups in total. The van der Waals surface area contributed by atoms with Gasteiger partial charge in [0.05, 0.1) is 24.8 Å². The Morgan fingerprint density at radius 1 is 0.190 bits per heavy atom. The van der Waals surface area contributed by atoms with Crippen LogP contribution in [-0.4, -0.2) is 153 Å². The number of carbonyl (C=O) groups excluding carboxylic acids is 8. The molecule has 0 saturated heterocycles. The van der Waals surface area contributed by atoms with E-state index in [-0.39, 0.29) is 97.1 Å². The first-order chi connectivity index (χ1) is 69.6. The fourth-order valence-electron chi connectivity index (χ4n) is 17.9. The number of carbonyl (C=O) groups is 8. The third kappa shape index (κ3) is 20.3. The summed E-state index contributed by atoms with van der Waals surface area (Å²) >= 11 is 0. The quantitative estimate of drug-likeness (QED) is 0.133. The average Bonchev–Trinajstić information content (AvgIpc) is 0.802. The van der Waals surface area contributed by atoms with Crippen LogP contribution in [0.3, 0.4) is 0 Å². The maximum absolute atomic E-state index is 14.2. The van der Waals surface area contributed by atoms with Crippen molar-refractivity contribution in [2.75, 3.05) is 26.2 Å². The van der Waals surface area contributed by atoms with Gasteiger partial charge in [0.15, 0.2) is 0 Å². The van der Waals surface area contributed by atoms with E-state index in [4.69, 9.17) is 37.9 Å². The van der Waals surface area contributed by atoms with E-state index in [0.29, 0.717) is 172 Å². The van der Waals surface area contributed by atoms with Crippen LogP contribution in [0.25, 0.3) is 21.5 Å². The van der Waals surface area contributed by atoms with Gasteiger partial charge in [0.2, 0.25) is 0 Å². The van der Waals surface area contributed by atoms with Crippen LogP contribution < -0.4 is 48.5 Å². The Balaban J connectivity index is 0.411. The largest absolute Gasteiger partial charge is 0.489 e. The molecule has 0 spiro atoms. The Morgan fingerprint density at radius 3 is 0.528 bits per heavy atom. The monoisotopic (exact) mass is 1900 g/mol. The van der Waals surface area contributed by atoms with Crippen LogP contribution in [0.15, 0.2) is 267 Å². The zero-order valence-electron chi connectivity index (χ0n) is 77.1. The van der Waals surface area contributed by atoms with Crippen molar-refractivity contribution in [1.29, 1.82) is 0 Å². The number of aromatic nitrogens is 12. The Morgan fingerprint density at radius 2 is 0.352 bits per heavy atom. The lowest BCUT2D eigenvalue weighted by Crippen LogP contribution is -2.44. The topological polar surface area (TPSA) is 370 Å². The molecule has 142 heavy (non-hydrogen) atoms. The van der Waals surface area contributed by atoms with Crippen molar-refractivity contribution in [2.45, 2.75) is 131 Å². The summed E-state index contributed by atoms with van der Waals surface area (Å²) in [5, 5.41) is 42.5. The minimum atomic E-state index is -0.514. The Bertz CT molecular complexity index is 6420. The summed E-state index contributed by atoms with van der Waals surface area (Å²) in [5.41, 5.74) is 12.5. The smallest absolute Gasteiger partial charge is 0.261 e. The molecule has 0 unspecified atom stereocenters. The number of ether oxygens (including phenoxy) is 8. The third-order valence-electron chi connectivity index (χ3n) is 25.4. The number of imide groups is 4. The lowest BCUT2D eigenvalue weighted by molar-refractivity contribution is 0.0585. The zero-order valence-corrected chi connectivity index (χ0v) is 77.1. The summed E-state index contributed by atoms with van der Waals surface area (Å²) in [6.07, 6.45) is 8.54. The molecule has 34 nitrogen and oxygen atoms in total. The predicted octanol–water partition coefficient (Wildman–Crippen LogP) is 14.6. The molecule has 55 rings (SSSR count). The van der Waals surface area contributed by atoms with Crippen LogP contribution in [0, 0.1) is 0 Å². The van der Waals surface area contributed by atoms with E-state index in [1.54, 1.807) is 92.0 Å². The van der Waals surface area contributed by atoms with Gasteiger partial charge in [-0.25, -0.2) is 0 Å². The van der Waals surface area contributed by atoms with E-state index in [2.05, 4.69) is 51.9 Å². The Kier molecular flexibility index (Phi) is 26.4. The molecule has 12 aromatic carbocycles. The van der Waals surface area contributed by atoms with Crippen molar-refractivity contribution in [3.8, 4) is 46.0 Å². The van der Waals surface area contributed by atoms with E-state index in [9.17, 15) is 38.4 Å². The van der Waals surface area contributed by atoms with Gasteiger partial charge in [-0.15, -0.1) is 20.4 Å². The molecule has 0 saturated carbocycles. The summed E-state index contributed by atoms with van der Waals surface area (Å²) in [6, 6.07) is 74.9. The fraction of sp³-hybridized carbons (Fsp3) is 0.222. The Labute approximate surface area is 813 Å². The molecule has 4 aromatic heterocycles. The van der Waals surface area contributed by atoms with Gasteiger partial charge < -0.3 is 48.5 Å². The highest BCUT2D eigenvalue weighted by Gasteiger charge is 2.42. The molecule has 0 fully saturated rings. The van der Waals surface area contributed by atoms with E-state index >= 15 is 0 Å². The normalized spacial score (nSPS) is 15.9. The molecule has 8 amide bonds. The molecule has 34 heteroatoms. The highest BCUT2D eigenvalue weighted by molar-refractivity contribution is 6.35. The molecular formula is C108H94N18O16. The number of hydrogen-bond acceptors (Lipinski definition) is 26. The minimum Gasteiger partial charge on any atom is -0.489 e. The SMILES string of the molecule is O=C1c2ccc3c4c5ccc(c24)C(=O)N1CCCn1cc(nn1)COc1ccc(cc1)COc1ccc(cc1)CNCc1ccc(cc1)OCc1ccc(cc1)OCc1cn(nn1)CCCN1C(=O)c2ccc4c6c(ccc(c26)C1=O)C(=O)N(CCCn1cc(nn1)COc1ccc(cc1)COc1ccc(cc1)CNCc1ccc(cc1)OCc1ccc(cc1)OCc1cn(nn1)CCCN(C3=O)C5=O)C4=O. The maximum Gasteiger partial charge on any atom is 0.261 e. The summed E-state index contributed by atoms with van der Waals surface area (Å²) in [5.74, 6) is 1.38. The lowest BCUT2D eigenvalue weighted by atomic mass is 9.86. The second-order valence-corrected chi connectivity index (χ2v) is 35.2. The fourth-order valence-corrected chi connectivity index (χ4v) is 17.9. The van der Waals surface area contributed by atoms with Crippen molar-refractivity contribution in [2.24, 2.45) is 0 Å². The summed E-state index contributed by atoms with van der Waals surface area (Å²) in [4.78, 5) is 118. The number of nitrogens with one attached hydrogen (secondary N) is 2. The molecule has 43 heterocycles. The van der Waals surface area contributed by atoms with Gasteiger partial charge in [-0.1, -0.05) is 118 Å². The highest BCUT2D eigenvalue weighted by Crippen LogP contribution is 2.41. The van der Waals surface area contributed by atoms with Crippen molar-refractivity contribution >= 4 is 68.8 Å². The van der Waals surface area contributed by atoms with Gasteiger partial charge in [-0.05, 0) is 216 Å². The van der Waals surface area contributed by atoms with E-state index in [1.165, 1.54) is 19.6 Å². The van der Waals surface area contributed by atoms with E-state index < -0.39 is 47.3 Å². The van der Waals surface area contributed by atoms with Crippen LogP contribution in [0.1, 0.15) is 176 Å². The maximum atomic E-state index is 14.2. The number of hydrogen-bond donors (Lipinski definition) is 2. The second kappa shape index (κ2) is 41.1. The van der Waals surface area contributed by atoms with Crippen LogP contribution in [0.5, 0.6) is 46.0 Å². The van der Waals surface area contributed by atoms with Gasteiger partial charge in [-0.2, -0.15) is 0 Å². The highest BCUT2D eigenvalue weighted by atomic mass is 16.5. The first-order valence-electron chi connectivity index (χ1n) is 46.9. The van der Waals surface area contributed by atoms with Crippen LogP contribution in [0.4, 0.5) is 0 Å². The van der Waals surface area contributed by atoms with Crippen molar-refractivity contribution in [3.63, 3.8) is 0 Å². The molecule has 0 aliphatic carbocycles. The number of nitrogens with zero attached hydrogens (tertiary/aromatic N) is 16. The molecule has 39 aliphatic rings. The molecule has 16 aromatic rings. The van der Waals surface area contributed by atoms with Crippen molar-refractivity contribution in [3.05, 3.63) is 379 Å². The standard InChI is InChI=1S/C108H94N18O16/c127-101-89-37-39-91-98-92-40-38-90(97(89)98)102(128)123(101)49-1-45-119-57-77(111-115-119)65-139-85-29-13-73(14-30-85)61-135-81-21-5-69(6-22-81)53-109-54-70-7-23-82(24-8-70)137-63-75-17-33-87(34-18-75)141-67-79-59-121(117-113-79)47-3-51-125-105(131)93-41-43-95-100-96(44-42-94(99(93)100)106(125)132)108(134)126(107(95)133)52-4-48-122-60-80(114-118-122)68-142-88-35-19-76(20-36-88)64-138-84-27-11-72(12-28-84)56-110-55-71-9-25-83(26-10-71)136-62-74-15-31-86(32-16-74)140-66-78-58-120(116-112-78)46-2-50-124(103(91)129)104(92)130/h5-44,57-60,109-110H,1-4,45-56,61-68H2. The van der Waals surface area contributed by atoms with Gasteiger partial charge in [-0.3, -0.25) is 76.7 Å². The van der Waals surface area contributed by atoms with E-state index in [0.717, 1.165) is 67.5 Å². The minimum absolute atomic E-state index is 0.0852. The van der Waals surface area contributed by atoms with E-state index in [1.807, 2.05) is 194 Å². The Hall–Kier alpha value is -17.4. The molecular weight excluding hydrogens is 1810 g/mol. The first kappa shape index (κ1) is 91.0. The van der Waals surface area contributed by atoms with Gasteiger partial charge in [0.25, 0.3) is 47.3 Å². The van der Waals surface area contributed by atoms with Crippen LogP contribution in [0.2, 0.25) is 0 Å². The molecule has 0 atom stereocenters. The van der Waals surface area contributed by atoms with Gasteiger partial charge in [0.1, 0.15) is 122 Å². The van der Waals surface area contributed by atoms with Crippen LogP contribution in [-0.2, 0) is 105 Å². The average molecular weight is 1900 g/mol. The lowest BCUT2D eigenvalue weighted by Gasteiger charge is -2.32. The molecule has 40 bridgehead atoms. The zero-order chi connectivity index (χ0) is 96.5. The van der Waals surface area contributed by atoms with Crippen LogP contribution >= 0.6 is 0 Å². The molecule has 712 valence electrons.